The van der Waals surface area contributed by atoms with Crippen LogP contribution >= 0.6 is 23.1 Å². The molecule has 0 bridgehead atoms. The lowest BCUT2D eigenvalue weighted by Crippen LogP contribution is -2.15. The van der Waals surface area contributed by atoms with Gasteiger partial charge in [-0.05, 0) is 56.7 Å². The van der Waals surface area contributed by atoms with Crippen LogP contribution < -0.4 is 10.1 Å². The van der Waals surface area contributed by atoms with Crippen LogP contribution in [0.3, 0.4) is 0 Å². The number of nitriles is 1. The summed E-state index contributed by atoms with van der Waals surface area (Å²) in [7, 11) is 0. The molecular weight excluding hydrogens is 466 g/mol. The summed E-state index contributed by atoms with van der Waals surface area (Å²) in [4.78, 5) is 14.0. The number of nitrogens with one attached hydrogen (secondary N) is 1. The molecule has 0 unspecified atom stereocenters. The monoisotopic (exact) mass is 495 g/mol. The summed E-state index contributed by atoms with van der Waals surface area (Å²) in [6.45, 7) is 5.01. The Morgan fingerprint density at radius 3 is 2.79 bits per heavy atom. The molecule has 3 aromatic rings. The highest BCUT2D eigenvalue weighted by Gasteiger charge is 2.21. The quantitative estimate of drug-likeness (QED) is 0.414. The fraction of sp³-hybridized carbons (Fsp3) is 0.440. The van der Waals surface area contributed by atoms with Crippen LogP contribution in [-0.2, 0) is 30.8 Å². The molecule has 0 spiro atoms. The van der Waals surface area contributed by atoms with E-state index < -0.39 is 0 Å². The maximum Gasteiger partial charge on any atom is 0.235 e. The molecule has 0 saturated carbocycles. The van der Waals surface area contributed by atoms with Gasteiger partial charge in [-0.1, -0.05) is 42.8 Å². The van der Waals surface area contributed by atoms with Crippen LogP contribution in [0.4, 0.5) is 5.00 Å². The number of anilines is 1. The Morgan fingerprint density at radius 2 is 2.03 bits per heavy atom. The van der Waals surface area contributed by atoms with Crippen molar-refractivity contribution in [2.24, 2.45) is 0 Å². The Hall–Kier alpha value is -2.83. The van der Waals surface area contributed by atoms with E-state index in [-0.39, 0.29) is 11.7 Å². The van der Waals surface area contributed by atoms with E-state index >= 15 is 0 Å². The Morgan fingerprint density at radius 1 is 1.24 bits per heavy atom. The minimum absolute atomic E-state index is 0.140. The number of ether oxygens (including phenoxy) is 1. The second-order valence-electron chi connectivity index (χ2n) is 8.27. The molecule has 9 heteroatoms. The average Bonchev–Trinajstić information content (AvgIpc) is 3.36. The number of benzene rings is 1. The second kappa shape index (κ2) is 11.5. The highest BCUT2D eigenvalue weighted by Crippen LogP contribution is 2.36. The highest BCUT2D eigenvalue weighted by molar-refractivity contribution is 7.99. The molecule has 2 heterocycles. The van der Waals surface area contributed by atoms with Gasteiger partial charge in [0.25, 0.3) is 0 Å². The van der Waals surface area contributed by atoms with Crippen LogP contribution in [0.1, 0.15) is 60.0 Å². The Bertz CT molecular complexity index is 1190. The van der Waals surface area contributed by atoms with E-state index in [0.29, 0.717) is 28.9 Å². The predicted molar refractivity (Wildman–Crippen MR) is 135 cm³/mol. The van der Waals surface area contributed by atoms with E-state index in [1.54, 1.807) is 11.3 Å². The van der Waals surface area contributed by atoms with Gasteiger partial charge >= 0.3 is 0 Å². The summed E-state index contributed by atoms with van der Waals surface area (Å²) < 4.78 is 7.89. The topological polar surface area (TPSA) is 92.8 Å². The number of hydrogen-bond donors (Lipinski definition) is 1. The lowest BCUT2D eigenvalue weighted by Gasteiger charge is -2.10. The van der Waals surface area contributed by atoms with E-state index in [1.807, 2.05) is 42.7 Å². The first kappa shape index (κ1) is 24.3. The lowest BCUT2D eigenvalue weighted by molar-refractivity contribution is -0.113. The average molecular weight is 496 g/mol. The molecule has 1 aliphatic rings. The first-order chi connectivity index (χ1) is 16.6. The van der Waals surface area contributed by atoms with Crippen LogP contribution in [0.2, 0.25) is 0 Å². The number of hydrogen-bond acceptors (Lipinski definition) is 7. The lowest BCUT2D eigenvalue weighted by atomic mass is 9.97. The molecule has 4 rings (SSSR count). The SMILES string of the molecule is CCn1c(COc2ccccc2C)nnc1SCC(=O)Nc1sc2c(c1C#N)CCCCCC2. The standard InChI is InChI=1S/C25H29N5O2S2/c1-3-30-22(15-32-20-12-9-8-10-17(20)2)28-29-25(30)33-16-23(31)27-24-19(14-26)18-11-6-4-5-7-13-21(18)34-24/h8-10,12H,3-7,11,13,15-16H2,1-2H3,(H,27,31). The van der Waals surface area contributed by atoms with Crippen molar-refractivity contribution in [2.45, 2.75) is 70.7 Å². The summed E-state index contributed by atoms with van der Waals surface area (Å²) in [5.74, 6) is 1.60. The summed E-state index contributed by atoms with van der Waals surface area (Å²) in [6.07, 6.45) is 6.59. The molecule has 0 aliphatic heterocycles. The molecule has 1 aliphatic carbocycles. The molecule has 0 radical (unpaired) electrons. The number of carbonyl (C=O) groups is 1. The van der Waals surface area contributed by atoms with E-state index in [9.17, 15) is 10.1 Å². The van der Waals surface area contributed by atoms with Gasteiger partial charge in [0.05, 0.1) is 11.3 Å². The summed E-state index contributed by atoms with van der Waals surface area (Å²) in [6, 6.07) is 10.2. The maximum absolute atomic E-state index is 12.7. The molecule has 1 N–H and O–H groups in total. The molecule has 1 aromatic carbocycles. The molecule has 0 atom stereocenters. The number of fused-ring (bicyclic) bond motifs is 1. The van der Waals surface area contributed by atoms with Gasteiger partial charge in [-0.15, -0.1) is 21.5 Å². The summed E-state index contributed by atoms with van der Waals surface area (Å²) >= 11 is 2.91. The van der Waals surface area contributed by atoms with Gasteiger partial charge in [0.2, 0.25) is 5.91 Å². The minimum atomic E-state index is -0.140. The number of aryl methyl sites for hydroxylation is 2. The molecule has 1 amide bonds. The number of carbonyl (C=O) groups excluding carboxylic acids is 1. The largest absolute Gasteiger partial charge is 0.485 e. The third-order valence-electron chi connectivity index (χ3n) is 5.93. The van der Waals surface area contributed by atoms with Gasteiger partial charge < -0.3 is 14.6 Å². The van der Waals surface area contributed by atoms with Crippen molar-refractivity contribution in [1.82, 2.24) is 14.8 Å². The van der Waals surface area contributed by atoms with Gasteiger partial charge in [-0.2, -0.15) is 5.26 Å². The third kappa shape index (κ3) is 5.62. The van der Waals surface area contributed by atoms with Crippen LogP contribution in [0.15, 0.2) is 29.4 Å². The number of aromatic nitrogens is 3. The zero-order chi connectivity index (χ0) is 23.9. The normalized spacial score (nSPS) is 13.4. The van der Waals surface area contributed by atoms with Crippen molar-refractivity contribution in [1.29, 1.82) is 5.26 Å². The van der Waals surface area contributed by atoms with E-state index in [4.69, 9.17) is 4.74 Å². The molecule has 0 fully saturated rings. The maximum atomic E-state index is 12.7. The minimum Gasteiger partial charge on any atom is -0.485 e. The van der Waals surface area contributed by atoms with E-state index in [2.05, 4.69) is 21.6 Å². The van der Waals surface area contributed by atoms with Gasteiger partial charge in [-0.25, -0.2) is 0 Å². The zero-order valence-electron chi connectivity index (χ0n) is 19.6. The van der Waals surface area contributed by atoms with Crippen molar-refractivity contribution in [3.05, 3.63) is 51.7 Å². The van der Waals surface area contributed by atoms with Crippen molar-refractivity contribution in [3.63, 3.8) is 0 Å². The zero-order valence-corrected chi connectivity index (χ0v) is 21.2. The number of nitrogens with zero attached hydrogens (tertiary/aromatic N) is 4. The van der Waals surface area contributed by atoms with Crippen LogP contribution in [0.25, 0.3) is 0 Å². The molecule has 0 saturated heterocycles. The Balaban J connectivity index is 1.38. The fourth-order valence-corrected chi connectivity index (χ4v) is 6.21. The van der Waals surface area contributed by atoms with Crippen LogP contribution in [-0.4, -0.2) is 26.4 Å². The smallest absolute Gasteiger partial charge is 0.235 e. The van der Waals surface area contributed by atoms with Crippen molar-refractivity contribution in [2.75, 3.05) is 11.1 Å². The first-order valence-electron chi connectivity index (χ1n) is 11.7. The van der Waals surface area contributed by atoms with Crippen LogP contribution in [0.5, 0.6) is 5.75 Å². The predicted octanol–water partition coefficient (Wildman–Crippen LogP) is 5.51. The molecular formula is C25H29N5O2S2. The van der Waals surface area contributed by atoms with Crippen molar-refractivity contribution >= 4 is 34.0 Å². The van der Waals surface area contributed by atoms with Crippen LogP contribution in [0, 0.1) is 18.3 Å². The van der Waals surface area contributed by atoms with Gasteiger partial charge in [0, 0.05) is 11.4 Å². The van der Waals surface area contributed by atoms with E-state index in [0.717, 1.165) is 48.4 Å². The highest BCUT2D eigenvalue weighted by atomic mass is 32.2. The number of rotatable bonds is 8. The van der Waals surface area contributed by atoms with Crippen molar-refractivity contribution < 1.29 is 9.53 Å². The van der Waals surface area contributed by atoms with E-state index in [1.165, 1.54) is 29.5 Å². The van der Waals surface area contributed by atoms with Gasteiger partial charge in [0.15, 0.2) is 11.0 Å². The Kier molecular flexibility index (Phi) is 8.25. The fourth-order valence-electron chi connectivity index (χ4n) is 4.13. The van der Waals surface area contributed by atoms with Gasteiger partial charge in [0.1, 0.15) is 23.4 Å². The summed E-state index contributed by atoms with van der Waals surface area (Å²) in [5, 5.41) is 22.6. The number of para-hydroxylation sites is 1. The third-order valence-corrected chi connectivity index (χ3v) is 8.10. The van der Waals surface area contributed by atoms with Gasteiger partial charge in [-0.3, -0.25) is 4.79 Å². The summed E-state index contributed by atoms with van der Waals surface area (Å²) in [5.41, 5.74) is 2.85. The second-order valence-corrected chi connectivity index (χ2v) is 10.3. The first-order valence-corrected chi connectivity index (χ1v) is 13.5. The molecule has 7 nitrogen and oxygen atoms in total. The number of amides is 1. The van der Waals surface area contributed by atoms with Crippen molar-refractivity contribution in [3.8, 4) is 11.8 Å². The Labute approximate surface area is 208 Å². The number of thioether (sulfide) groups is 1. The molecule has 2 aromatic heterocycles. The molecule has 178 valence electrons. The number of thiophene rings is 1. The molecule has 34 heavy (non-hydrogen) atoms.